The molecule has 1 aliphatic rings. The van der Waals surface area contributed by atoms with Gasteiger partial charge in [-0.25, -0.2) is 4.79 Å². The summed E-state index contributed by atoms with van der Waals surface area (Å²) >= 11 is 0. The van der Waals surface area contributed by atoms with Crippen LogP contribution in [-0.2, 0) is 11.8 Å². The van der Waals surface area contributed by atoms with Crippen LogP contribution in [0.15, 0.2) is 54.6 Å². The summed E-state index contributed by atoms with van der Waals surface area (Å²) in [5.41, 5.74) is 2.56. The first-order chi connectivity index (χ1) is 12.2. The fourth-order valence-electron chi connectivity index (χ4n) is 3.46. The monoisotopic (exact) mass is 333 g/mol. The summed E-state index contributed by atoms with van der Waals surface area (Å²) in [5.74, 6) is 0. The average Bonchev–Trinajstić information content (AvgIpc) is 2.69. The number of nitrogens with zero attached hydrogens (tertiary/aromatic N) is 2. The number of hydrogen-bond acceptors (Lipinski definition) is 2. The second-order valence-corrected chi connectivity index (χ2v) is 6.49. The molecule has 2 amide bonds. The van der Waals surface area contributed by atoms with Gasteiger partial charge in [-0.15, -0.1) is 0 Å². The Morgan fingerprint density at radius 2 is 1.76 bits per heavy atom. The largest absolute Gasteiger partial charge is 0.324 e. The van der Waals surface area contributed by atoms with Gasteiger partial charge in [-0.2, -0.15) is 5.26 Å². The number of nitriles is 1. The molecular weight excluding hydrogens is 310 g/mol. The number of benzene rings is 2. The van der Waals surface area contributed by atoms with E-state index in [4.69, 9.17) is 0 Å². The van der Waals surface area contributed by atoms with E-state index in [0.29, 0.717) is 25.9 Å². The van der Waals surface area contributed by atoms with E-state index < -0.39 is 5.41 Å². The third kappa shape index (κ3) is 3.51. The summed E-state index contributed by atoms with van der Waals surface area (Å²) in [4.78, 5) is 14.4. The number of para-hydroxylation sites is 1. The Balaban J connectivity index is 1.68. The van der Waals surface area contributed by atoms with Crippen LogP contribution >= 0.6 is 0 Å². The third-order valence-electron chi connectivity index (χ3n) is 5.08. The van der Waals surface area contributed by atoms with Crippen molar-refractivity contribution in [2.75, 3.05) is 18.4 Å². The Morgan fingerprint density at radius 1 is 1.12 bits per heavy atom. The van der Waals surface area contributed by atoms with Gasteiger partial charge in [0.05, 0.1) is 11.5 Å². The van der Waals surface area contributed by atoms with Gasteiger partial charge in [0.25, 0.3) is 0 Å². The molecule has 3 rings (SSSR count). The van der Waals surface area contributed by atoms with Crippen LogP contribution < -0.4 is 5.32 Å². The van der Waals surface area contributed by atoms with Crippen LogP contribution in [0.4, 0.5) is 10.5 Å². The molecule has 0 bridgehead atoms. The zero-order valence-corrected chi connectivity index (χ0v) is 14.5. The molecule has 0 aliphatic carbocycles. The quantitative estimate of drug-likeness (QED) is 0.908. The fraction of sp³-hybridized carbons (Fsp3) is 0.333. The first kappa shape index (κ1) is 17.0. The smallest absolute Gasteiger partial charge is 0.321 e. The van der Waals surface area contributed by atoms with E-state index in [-0.39, 0.29) is 6.03 Å². The molecule has 2 aromatic carbocycles. The maximum absolute atomic E-state index is 12.6. The molecule has 0 unspecified atom stereocenters. The van der Waals surface area contributed by atoms with Gasteiger partial charge in [0.1, 0.15) is 0 Å². The van der Waals surface area contributed by atoms with E-state index in [0.717, 1.165) is 23.2 Å². The maximum Gasteiger partial charge on any atom is 0.321 e. The van der Waals surface area contributed by atoms with Crippen molar-refractivity contribution in [1.29, 1.82) is 5.26 Å². The molecule has 128 valence electrons. The van der Waals surface area contributed by atoms with Crippen LogP contribution in [-0.4, -0.2) is 24.0 Å². The molecule has 1 fully saturated rings. The van der Waals surface area contributed by atoms with Gasteiger partial charge in [-0.1, -0.05) is 55.5 Å². The number of carbonyl (C=O) groups is 1. The highest BCUT2D eigenvalue weighted by Gasteiger charge is 2.37. The lowest BCUT2D eigenvalue weighted by molar-refractivity contribution is 0.183. The van der Waals surface area contributed by atoms with Crippen molar-refractivity contribution in [3.63, 3.8) is 0 Å². The van der Waals surface area contributed by atoms with Crippen LogP contribution in [0.5, 0.6) is 0 Å². The second kappa shape index (κ2) is 7.40. The molecule has 1 aliphatic heterocycles. The number of piperidine rings is 1. The minimum atomic E-state index is -0.487. The molecule has 1 saturated heterocycles. The molecule has 1 heterocycles. The minimum Gasteiger partial charge on any atom is -0.324 e. The van der Waals surface area contributed by atoms with Crippen LogP contribution in [0.3, 0.4) is 0 Å². The van der Waals surface area contributed by atoms with Crippen molar-refractivity contribution >= 4 is 11.7 Å². The Morgan fingerprint density at radius 3 is 2.40 bits per heavy atom. The van der Waals surface area contributed by atoms with Gasteiger partial charge in [0, 0.05) is 18.8 Å². The number of amides is 2. The first-order valence-electron chi connectivity index (χ1n) is 8.79. The Kier molecular flexibility index (Phi) is 5.04. The Hall–Kier alpha value is -2.80. The van der Waals surface area contributed by atoms with E-state index in [2.05, 4.69) is 18.3 Å². The van der Waals surface area contributed by atoms with Crippen LogP contribution in [0.2, 0.25) is 0 Å². The van der Waals surface area contributed by atoms with Crippen molar-refractivity contribution < 1.29 is 4.79 Å². The van der Waals surface area contributed by atoms with E-state index in [1.165, 1.54) is 0 Å². The number of nitrogens with one attached hydrogen (secondary N) is 1. The van der Waals surface area contributed by atoms with Gasteiger partial charge in [0.15, 0.2) is 0 Å². The standard InChI is InChI=1S/C21H23N3O/c1-2-17-8-6-7-11-19(17)23-20(25)24-14-12-21(16-22,13-15-24)18-9-4-3-5-10-18/h3-11H,2,12-15H2,1H3,(H,23,25). The van der Waals surface area contributed by atoms with Crippen LogP contribution in [0, 0.1) is 11.3 Å². The number of anilines is 1. The van der Waals surface area contributed by atoms with Gasteiger partial charge in [0.2, 0.25) is 0 Å². The van der Waals surface area contributed by atoms with Crippen molar-refractivity contribution in [1.82, 2.24) is 4.90 Å². The van der Waals surface area contributed by atoms with Gasteiger partial charge < -0.3 is 10.2 Å². The summed E-state index contributed by atoms with van der Waals surface area (Å²) in [6, 6.07) is 20.2. The summed E-state index contributed by atoms with van der Waals surface area (Å²) < 4.78 is 0. The maximum atomic E-state index is 12.6. The van der Waals surface area contributed by atoms with E-state index in [1.54, 1.807) is 0 Å². The highest BCUT2D eigenvalue weighted by molar-refractivity contribution is 5.90. The van der Waals surface area contributed by atoms with E-state index in [1.807, 2.05) is 59.5 Å². The Bertz CT molecular complexity index is 771. The van der Waals surface area contributed by atoms with Crippen LogP contribution in [0.25, 0.3) is 0 Å². The third-order valence-corrected chi connectivity index (χ3v) is 5.08. The predicted octanol–water partition coefficient (Wildman–Crippen LogP) is 4.34. The number of hydrogen-bond donors (Lipinski definition) is 1. The molecular formula is C21H23N3O. The topological polar surface area (TPSA) is 56.1 Å². The SMILES string of the molecule is CCc1ccccc1NC(=O)N1CCC(C#N)(c2ccccc2)CC1. The predicted molar refractivity (Wildman–Crippen MR) is 99.4 cm³/mol. The molecule has 0 atom stereocenters. The summed E-state index contributed by atoms with van der Waals surface area (Å²) in [6.45, 7) is 3.25. The van der Waals surface area contributed by atoms with E-state index >= 15 is 0 Å². The molecule has 0 saturated carbocycles. The fourth-order valence-corrected chi connectivity index (χ4v) is 3.46. The second-order valence-electron chi connectivity index (χ2n) is 6.49. The first-order valence-corrected chi connectivity index (χ1v) is 8.79. The highest BCUT2D eigenvalue weighted by atomic mass is 16.2. The van der Waals surface area contributed by atoms with Crippen molar-refractivity contribution in [2.45, 2.75) is 31.6 Å². The zero-order valence-electron chi connectivity index (χ0n) is 14.5. The highest BCUT2D eigenvalue weighted by Crippen LogP contribution is 2.35. The zero-order chi connectivity index (χ0) is 17.7. The molecule has 4 heteroatoms. The van der Waals surface area contributed by atoms with E-state index in [9.17, 15) is 10.1 Å². The minimum absolute atomic E-state index is 0.0829. The van der Waals surface area contributed by atoms with Gasteiger partial charge in [-0.05, 0) is 36.5 Å². The molecule has 0 radical (unpaired) electrons. The summed E-state index contributed by atoms with van der Waals surface area (Å²) in [7, 11) is 0. The number of likely N-dealkylation sites (tertiary alicyclic amines) is 1. The number of aryl methyl sites for hydroxylation is 1. The lowest BCUT2D eigenvalue weighted by Gasteiger charge is -2.37. The normalized spacial score (nSPS) is 16.1. The molecule has 0 spiro atoms. The summed E-state index contributed by atoms with van der Waals surface area (Å²) in [6.07, 6.45) is 2.20. The average molecular weight is 333 g/mol. The number of rotatable bonds is 3. The number of urea groups is 1. The molecule has 25 heavy (non-hydrogen) atoms. The van der Waals surface area contributed by atoms with Crippen molar-refractivity contribution in [3.05, 3.63) is 65.7 Å². The lowest BCUT2D eigenvalue weighted by atomic mass is 9.74. The van der Waals surface area contributed by atoms with Crippen molar-refractivity contribution in [2.24, 2.45) is 0 Å². The van der Waals surface area contributed by atoms with Crippen molar-refractivity contribution in [3.8, 4) is 6.07 Å². The molecule has 2 aromatic rings. The molecule has 0 aromatic heterocycles. The lowest BCUT2D eigenvalue weighted by Crippen LogP contribution is -2.46. The molecule has 4 nitrogen and oxygen atoms in total. The molecule has 1 N–H and O–H groups in total. The Labute approximate surface area is 149 Å². The summed E-state index contributed by atoms with van der Waals surface area (Å²) in [5, 5.41) is 12.8. The van der Waals surface area contributed by atoms with Crippen LogP contribution in [0.1, 0.15) is 30.9 Å². The number of carbonyl (C=O) groups excluding carboxylic acids is 1. The van der Waals surface area contributed by atoms with Gasteiger partial charge >= 0.3 is 6.03 Å². The van der Waals surface area contributed by atoms with Gasteiger partial charge in [-0.3, -0.25) is 0 Å².